The molecule has 92 valence electrons. The van der Waals surface area contributed by atoms with Crippen molar-refractivity contribution in [3.05, 3.63) is 23.9 Å². The maximum absolute atomic E-state index is 12.1. The minimum Gasteiger partial charge on any atom is -0.338 e. The Kier molecular flexibility index (Phi) is 3.58. The number of hydrazine groups is 1. The summed E-state index contributed by atoms with van der Waals surface area (Å²) in [4.78, 5) is 18.1. The standard InChI is InChI=1S/C12H18N4O/c1-2-9-5-6-16(8-9)12(17)10-3-4-11(15-13)14-7-10/h3-4,7,9H,2,5-6,8,13H2,1H3,(H,14,15). The fourth-order valence-corrected chi connectivity index (χ4v) is 2.14. The van der Waals surface area contributed by atoms with E-state index in [4.69, 9.17) is 5.84 Å². The van der Waals surface area contributed by atoms with Crippen molar-refractivity contribution in [3.63, 3.8) is 0 Å². The summed E-state index contributed by atoms with van der Waals surface area (Å²) in [5, 5.41) is 0. The number of anilines is 1. The Morgan fingerprint density at radius 3 is 3.00 bits per heavy atom. The fourth-order valence-electron chi connectivity index (χ4n) is 2.14. The van der Waals surface area contributed by atoms with Crippen LogP contribution in [0.2, 0.25) is 0 Å². The van der Waals surface area contributed by atoms with Gasteiger partial charge in [0.15, 0.2) is 0 Å². The van der Waals surface area contributed by atoms with Gasteiger partial charge in [0.2, 0.25) is 0 Å². The molecule has 5 heteroatoms. The third-order valence-electron chi connectivity index (χ3n) is 3.31. The van der Waals surface area contributed by atoms with E-state index < -0.39 is 0 Å². The van der Waals surface area contributed by atoms with Crippen LogP contribution < -0.4 is 11.3 Å². The monoisotopic (exact) mass is 234 g/mol. The second-order valence-corrected chi connectivity index (χ2v) is 4.39. The van der Waals surface area contributed by atoms with Crippen molar-refractivity contribution in [2.24, 2.45) is 11.8 Å². The van der Waals surface area contributed by atoms with Crippen molar-refractivity contribution < 1.29 is 4.79 Å². The molecule has 1 unspecified atom stereocenters. The van der Waals surface area contributed by atoms with E-state index in [9.17, 15) is 4.79 Å². The van der Waals surface area contributed by atoms with Crippen LogP contribution in [-0.4, -0.2) is 28.9 Å². The molecule has 1 aliphatic rings. The van der Waals surface area contributed by atoms with Gasteiger partial charge in [-0.15, -0.1) is 0 Å². The summed E-state index contributed by atoms with van der Waals surface area (Å²) in [5.41, 5.74) is 3.07. The minimum absolute atomic E-state index is 0.0667. The van der Waals surface area contributed by atoms with Gasteiger partial charge < -0.3 is 10.3 Å². The highest BCUT2D eigenvalue weighted by Crippen LogP contribution is 2.21. The van der Waals surface area contributed by atoms with Gasteiger partial charge >= 0.3 is 0 Å². The lowest BCUT2D eigenvalue weighted by Gasteiger charge is -2.16. The van der Waals surface area contributed by atoms with E-state index in [1.165, 1.54) is 0 Å². The maximum atomic E-state index is 12.1. The first-order valence-corrected chi connectivity index (χ1v) is 5.96. The number of likely N-dealkylation sites (tertiary alicyclic amines) is 1. The molecule has 1 fully saturated rings. The van der Waals surface area contributed by atoms with Crippen molar-refractivity contribution in [1.82, 2.24) is 9.88 Å². The summed E-state index contributed by atoms with van der Waals surface area (Å²) < 4.78 is 0. The molecule has 5 nitrogen and oxygen atoms in total. The van der Waals surface area contributed by atoms with E-state index in [0.29, 0.717) is 17.3 Å². The Labute approximate surface area is 101 Å². The molecular formula is C12H18N4O. The molecule has 0 spiro atoms. The van der Waals surface area contributed by atoms with Crippen molar-refractivity contribution in [1.29, 1.82) is 0 Å². The summed E-state index contributed by atoms with van der Waals surface area (Å²) in [6, 6.07) is 3.46. The molecule has 1 saturated heterocycles. The molecule has 1 atom stereocenters. The molecule has 0 aliphatic carbocycles. The van der Waals surface area contributed by atoms with Gasteiger partial charge in [-0.3, -0.25) is 4.79 Å². The van der Waals surface area contributed by atoms with Gasteiger partial charge in [0.25, 0.3) is 5.91 Å². The largest absolute Gasteiger partial charge is 0.338 e. The van der Waals surface area contributed by atoms with Crippen LogP contribution in [0.3, 0.4) is 0 Å². The number of nitrogens with one attached hydrogen (secondary N) is 1. The number of carbonyl (C=O) groups is 1. The molecule has 0 aromatic carbocycles. The quantitative estimate of drug-likeness (QED) is 0.609. The topological polar surface area (TPSA) is 71.2 Å². The molecule has 1 aromatic rings. The number of nitrogen functional groups attached to an aromatic ring is 1. The van der Waals surface area contributed by atoms with Gasteiger partial charge in [-0.1, -0.05) is 13.3 Å². The summed E-state index contributed by atoms with van der Waals surface area (Å²) in [7, 11) is 0. The molecule has 0 radical (unpaired) electrons. The number of rotatable bonds is 3. The lowest BCUT2D eigenvalue weighted by Crippen LogP contribution is -2.28. The molecule has 0 saturated carbocycles. The van der Waals surface area contributed by atoms with Crippen LogP contribution in [-0.2, 0) is 0 Å². The van der Waals surface area contributed by atoms with Crippen LogP contribution in [0.5, 0.6) is 0 Å². The molecule has 3 N–H and O–H groups in total. The van der Waals surface area contributed by atoms with Crippen LogP contribution >= 0.6 is 0 Å². The van der Waals surface area contributed by atoms with E-state index >= 15 is 0 Å². The van der Waals surface area contributed by atoms with Crippen LogP contribution in [0.4, 0.5) is 5.82 Å². The zero-order chi connectivity index (χ0) is 12.3. The average molecular weight is 234 g/mol. The van der Waals surface area contributed by atoms with E-state index in [1.807, 2.05) is 4.90 Å². The third-order valence-corrected chi connectivity index (χ3v) is 3.31. The first kappa shape index (κ1) is 11.9. The molecular weight excluding hydrogens is 216 g/mol. The summed E-state index contributed by atoms with van der Waals surface area (Å²) in [5.74, 6) is 6.51. The fraction of sp³-hybridized carbons (Fsp3) is 0.500. The Morgan fingerprint density at radius 1 is 1.65 bits per heavy atom. The highest BCUT2D eigenvalue weighted by atomic mass is 16.2. The van der Waals surface area contributed by atoms with Gasteiger partial charge in [-0.05, 0) is 24.5 Å². The number of carbonyl (C=O) groups excluding carboxylic acids is 1. The van der Waals surface area contributed by atoms with Gasteiger partial charge in [0, 0.05) is 19.3 Å². The van der Waals surface area contributed by atoms with Crippen molar-refractivity contribution in [3.8, 4) is 0 Å². The first-order valence-electron chi connectivity index (χ1n) is 5.96. The Hall–Kier alpha value is -1.62. The molecule has 1 aliphatic heterocycles. The lowest BCUT2D eigenvalue weighted by molar-refractivity contribution is 0.0786. The molecule has 1 amide bonds. The number of aromatic nitrogens is 1. The van der Waals surface area contributed by atoms with Gasteiger partial charge in [-0.25, -0.2) is 10.8 Å². The van der Waals surface area contributed by atoms with Gasteiger partial charge in [0.05, 0.1) is 5.56 Å². The second-order valence-electron chi connectivity index (χ2n) is 4.39. The lowest BCUT2D eigenvalue weighted by atomic mass is 10.1. The third kappa shape index (κ3) is 2.55. The Balaban J connectivity index is 2.04. The van der Waals surface area contributed by atoms with Crippen molar-refractivity contribution in [2.75, 3.05) is 18.5 Å². The number of hydrogen-bond acceptors (Lipinski definition) is 4. The van der Waals surface area contributed by atoms with E-state index in [1.54, 1.807) is 18.3 Å². The second kappa shape index (κ2) is 5.14. The Bertz CT molecular complexity index is 390. The van der Waals surface area contributed by atoms with Crippen LogP contribution in [0.25, 0.3) is 0 Å². The average Bonchev–Trinajstić information content (AvgIpc) is 2.87. The molecule has 2 heterocycles. The van der Waals surface area contributed by atoms with E-state index in [0.717, 1.165) is 25.9 Å². The predicted octanol–water partition coefficient (Wildman–Crippen LogP) is 1.24. The van der Waals surface area contributed by atoms with Crippen LogP contribution in [0, 0.1) is 5.92 Å². The zero-order valence-electron chi connectivity index (χ0n) is 10.0. The Morgan fingerprint density at radius 2 is 2.47 bits per heavy atom. The number of amides is 1. The highest BCUT2D eigenvalue weighted by Gasteiger charge is 2.25. The zero-order valence-corrected chi connectivity index (χ0v) is 10.0. The smallest absolute Gasteiger partial charge is 0.255 e. The summed E-state index contributed by atoms with van der Waals surface area (Å²) in [6.45, 7) is 3.89. The molecule has 17 heavy (non-hydrogen) atoms. The molecule has 2 rings (SSSR count). The van der Waals surface area contributed by atoms with E-state index in [2.05, 4.69) is 17.3 Å². The SMILES string of the molecule is CCC1CCN(C(=O)c2ccc(NN)nc2)C1. The normalized spacial score (nSPS) is 19.4. The molecule has 0 bridgehead atoms. The van der Waals surface area contributed by atoms with E-state index in [-0.39, 0.29) is 5.91 Å². The van der Waals surface area contributed by atoms with Gasteiger partial charge in [-0.2, -0.15) is 0 Å². The summed E-state index contributed by atoms with van der Waals surface area (Å²) >= 11 is 0. The highest BCUT2D eigenvalue weighted by molar-refractivity contribution is 5.94. The number of nitrogens with zero attached hydrogens (tertiary/aromatic N) is 2. The summed E-state index contributed by atoms with van der Waals surface area (Å²) in [6.07, 6.45) is 3.81. The van der Waals surface area contributed by atoms with Crippen molar-refractivity contribution >= 4 is 11.7 Å². The number of nitrogens with two attached hydrogens (primary N) is 1. The minimum atomic E-state index is 0.0667. The van der Waals surface area contributed by atoms with Gasteiger partial charge in [0.1, 0.15) is 5.82 Å². The number of hydrogen-bond donors (Lipinski definition) is 2. The predicted molar refractivity (Wildman–Crippen MR) is 66.3 cm³/mol. The first-order chi connectivity index (χ1) is 8.24. The van der Waals surface area contributed by atoms with Crippen LogP contribution in [0.15, 0.2) is 18.3 Å². The maximum Gasteiger partial charge on any atom is 0.255 e. The molecule has 1 aromatic heterocycles. The van der Waals surface area contributed by atoms with Crippen LogP contribution in [0.1, 0.15) is 30.1 Å². The number of pyridine rings is 1. The van der Waals surface area contributed by atoms with Crippen molar-refractivity contribution in [2.45, 2.75) is 19.8 Å².